The maximum atomic E-state index is 13.6. The van der Waals surface area contributed by atoms with E-state index >= 15 is 0 Å². The summed E-state index contributed by atoms with van der Waals surface area (Å²) in [5.41, 5.74) is 2.86. The van der Waals surface area contributed by atoms with E-state index in [0.717, 1.165) is 20.9 Å². The molecule has 1 N–H and O–H groups in total. The van der Waals surface area contributed by atoms with Crippen molar-refractivity contribution in [1.82, 2.24) is 0 Å². The monoisotopic (exact) mass is 502 g/mol. The number of carbonyl (C=O) groups excluding carboxylic acids is 1. The van der Waals surface area contributed by atoms with Gasteiger partial charge in [-0.2, -0.15) is 0 Å². The van der Waals surface area contributed by atoms with Crippen LogP contribution in [0, 0.1) is 13.8 Å². The summed E-state index contributed by atoms with van der Waals surface area (Å²) >= 11 is 1.53. The molecule has 0 aromatic heterocycles. The van der Waals surface area contributed by atoms with E-state index in [1.54, 1.807) is 30.3 Å². The van der Waals surface area contributed by atoms with Crippen molar-refractivity contribution in [2.24, 2.45) is 0 Å². The Kier molecular flexibility index (Phi) is 7.58. The van der Waals surface area contributed by atoms with Crippen LogP contribution in [0.5, 0.6) is 0 Å². The number of hydrogen-bond donors (Lipinski definition) is 1. The minimum absolute atomic E-state index is 0.133. The SMILES string of the molecule is Cc1cccc(N(CC(=O)Nc2ccccc2Sc2ccccc2)S(=O)(=O)c2ccccc2)c1C. The first-order chi connectivity index (χ1) is 16.9. The molecule has 0 radical (unpaired) electrons. The van der Waals surface area contributed by atoms with Gasteiger partial charge in [0.15, 0.2) is 0 Å². The number of nitrogens with one attached hydrogen (secondary N) is 1. The van der Waals surface area contributed by atoms with Gasteiger partial charge >= 0.3 is 0 Å². The molecule has 0 saturated heterocycles. The molecule has 5 nitrogen and oxygen atoms in total. The number of benzene rings is 4. The average Bonchev–Trinajstić information content (AvgIpc) is 2.87. The summed E-state index contributed by atoms with van der Waals surface area (Å²) in [5, 5.41) is 2.92. The van der Waals surface area contributed by atoms with Gasteiger partial charge in [0.05, 0.1) is 16.3 Å². The van der Waals surface area contributed by atoms with Crippen molar-refractivity contribution in [3.8, 4) is 0 Å². The van der Waals surface area contributed by atoms with E-state index < -0.39 is 15.9 Å². The molecule has 1 amide bonds. The smallest absolute Gasteiger partial charge is 0.264 e. The van der Waals surface area contributed by atoms with Gasteiger partial charge in [-0.25, -0.2) is 8.42 Å². The molecule has 7 heteroatoms. The highest BCUT2D eigenvalue weighted by Gasteiger charge is 2.28. The Bertz CT molecular complexity index is 1420. The van der Waals surface area contributed by atoms with Crippen LogP contribution in [0.2, 0.25) is 0 Å². The number of carbonyl (C=O) groups is 1. The lowest BCUT2D eigenvalue weighted by Crippen LogP contribution is -2.38. The molecule has 0 aliphatic rings. The van der Waals surface area contributed by atoms with Gasteiger partial charge < -0.3 is 5.32 Å². The Balaban J connectivity index is 1.65. The number of anilines is 2. The normalized spacial score (nSPS) is 11.1. The highest BCUT2D eigenvalue weighted by molar-refractivity contribution is 7.99. The Morgan fingerprint density at radius 2 is 1.43 bits per heavy atom. The van der Waals surface area contributed by atoms with Crippen molar-refractivity contribution in [3.05, 3.63) is 114 Å². The fourth-order valence-electron chi connectivity index (χ4n) is 3.62. The number of rotatable bonds is 8. The molecule has 4 rings (SSSR count). The van der Waals surface area contributed by atoms with Gasteiger partial charge in [-0.3, -0.25) is 9.10 Å². The number of aryl methyl sites for hydroxylation is 1. The van der Waals surface area contributed by atoms with Crippen LogP contribution in [0.15, 0.2) is 118 Å². The van der Waals surface area contributed by atoms with E-state index in [2.05, 4.69) is 5.32 Å². The van der Waals surface area contributed by atoms with Crippen LogP contribution in [-0.4, -0.2) is 20.9 Å². The van der Waals surface area contributed by atoms with Crippen molar-refractivity contribution >= 4 is 39.1 Å². The minimum Gasteiger partial charge on any atom is -0.323 e. The van der Waals surface area contributed by atoms with Crippen LogP contribution in [0.25, 0.3) is 0 Å². The van der Waals surface area contributed by atoms with E-state index in [1.807, 2.05) is 74.5 Å². The highest BCUT2D eigenvalue weighted by atomic mass is 32.2. The van der Waals surface area contributed by atoms with Crippen LogP contribution in [-0.2, 0) is 14.8 Å². The van der Waals surface area contributed by atoms with Gasteiger partial charge in [0, 0.05) is 9.79 Å². The Morgan fingerprint density at radius 1 is 0.800 bits per heavy atom. The van der Waals surface area contributed by atoms with E-state index in [9.17, 15) is 13.2 Å². The van der Waals surface area contributed by atoms with Crippen molar-refractivity contribution in [2.75, 3.05) is 16.2 Å². The molecule has 0 atom stereocenters. The fourth-order valence-corrected chi connectivity index (χ4v) is 6.04. The second-order valence-corrected chi connectivity index (χ2v) is 11.0. The predicted octanol–water partition coefficient (Wildman–Crippen LogP) is 6.29. The Hall–Kier alpha value is -3.55. The maximum absolute atomic E-state index is 13.6. The summed E-state index contributed by atoms with van der Waals surface area (Å²) < 4.78 is 28.5. The molecule has 0 spiro atoms. The third-order valence-corrected chi connectivity index (χ3v) is 8.45. The van der Waals surface area contributed by atoms with Crippen molar-refractivity contribution < 1.29 is 13.2 Å². The first-order valence-corrected chi connectivity index (χ1v) is 13.4. The summed E-state index contributed by atoms with van der Waals surface area (Å²) in [6.45, 7) is 3.43. The van der Waals surface area contributed by atoms with Gasteiger partial charge in [0.25, 0.3) is 10.0 Å². The second kappa shape index (κ2) is 10.8. The summed E-state index contributed by atoms with van der Waals surface area (Å²) in [4.78, 5) is 15.3. The van der Waals surface area contributed by atoms with Gasteiger partial charge in [-0.15, -0.1) is 0 Å². The zero-order valence-corrected chi connectivity index (χ0v) is 21.1. The molecule has 0 unspecified atom stereocenters. The molecule has 0 heterocycles. The van der Waals surface area contributed by atoms with Gasteiger partial charge in [-0.1, -0.05) is 72.4 Å². The fraction of sp³-hybridized carbons (Fsp3) is 0.107. The second-order valence-electron chi connectivity index (χ2n) is 8.00. The summed E-state index contributed by atoms with van der Waals surface area (Å²) in [6, 6.07) is 31.0. The maximum Gasteiger partial charge on any atom is 0.264 e. The van der Waals surface area contributed by atoms with Crippen LogP contribution < -0.4 is 9.62 Å². The van der Waals surface area contributed by atoms with Gasteiger partial charge in [0.2, 0.25) is 5.91 Å². The largest absolute Gasteiger partial charge is 0.323 e. The molecule has 35 heavy (non-hydrogen) atoms. The highest BCUT2D eigenvalue weighted by Crippen LogP contribution is 2.33. The lowest BCUT2D eigenvalue weighted by molar-refractivity contribution is -0.114. The quantitative estimate of drug-likeness (QED) is 0.308. The van der Waals surface area contributed by atoms with E-state index in [-0.39, 0.29) is 11.4 Å². The first-order valence-electron chi connectivity index (χ1n) is 11.1. The third-order valence-electron chi connectivity index (χ3n) is 5.60. The Labute approximate surface area is 210 Å². The number of amides is 1. The van der Waals surface area contributed by atoms with Crippen molar-refractivity contribution in [2.45, 2.75) is 28.5 Å². The Morgan fingerprint density at radius 3 is 2.14 bits per heavy atom. The van der Waals surface area contributed by atoms with Gasteiger partial charge in [-0.05, 0) is 67.4 Å². The number of sulfonamides is 1. The molecular formula is C28H26N2O3S2. The molecule has 0 saturated carbocycles. The minimum atomic E-state index is -3.97. The summed E-state index contributed by atoms with van der Waals surface area (Å²) in [6.07, 6.45) is 0. The van der Waals surface area contributed by atoms with Crippen LogP contribution >= 0.6 is 11.8 Å². The van der Waals surface area contributed by atoms with Crippen LogP contribution in [0.4, 0.5) is 11.4 Å². The molecular weight excluding hydrogens is 476 g/mol. The molecule has 4 aromatic carbocycles. The van der Waals surface area contributed by atoms with Gasteiger partial charge in [0.1, 0.15) is 6.54 Å². The topological polar surface area (TPSA) is 66.5 Å². The summed E-state index contributed by atoms with van der Waals surface area (Å²) in [5.74, 6) is -0.425. The molecule has 178 valence electrons. The lowest BCUT2D eigenvalue weighted by Gasteiger charge is -2.26. The number of nitrogens with zero attached hydrogens (tertiary/aromatic N) is 1. The molecule has 0 bridgehead atoms. The lowest BCUT2D eigenvalue weighted by atomic mass is 10.1. The first kappa shape index (κ1) is 24.6. The average molecular weight is 503 g/mol. The van der Waals surface area contributed by atoms with Crippen molar-refractivity contribution in [3.63, 3.8) is 0 Å². The molecule has 0 aliphatic heterocycles. The molecule has 0 aliphatic carbocycles. The van der Waals surface area contributed by atoms with Crippen LogP contribution in [0.1, 0.15) is 11.1 Å². The molecule has 4 aromatic rings. The zero-order chi connectivity index (χ0) is 24.8. The predicted molar refractivity (Wildman–Crippen MR) is 143 cm³/mol. The number of hydrogen-bond acceptors (Lipinski definition) is 4. The number of para-hydroxylation sites is 1. The standard InChI is InChI=1S/C28H26N2O3S2/c1-21-12-11-18-26(22(21)2)30(35(32,33)24-15-7-4-8-16-24)20-28(31)29-25-17-9-10-19-27(25)34-23-13-5-3-6-14-23/h3-19H,20H2,1-2H3,(H,29,31). The van der Waals surface area contributed by atoms with E-state index in [4.69, 9.17) is 0 Å². The van der Waals surface area contributed by atoms with Crippen molar-refractivity contribution in [1.29, 1.82) is 0 Å². The summed E-state index contributed by atoms with van der Waals surface area (Å²) in [7, 11) is -3.97. The van der Waals surface area contributed by atoms with E-state index in [0.29, 0.717) is 11.4 Å². The van der Waals surface area contributed by atoms with E-state index in [1.165, 1.54) is 28.2 Å². The zero-order valence-electron chi connectivity index (χ0n) is 19.5. The van der Waals surface area contributed by atoms with Crippen LogP contribution in [0.3, 0.4) is 0 Å². The molecule has 0 fully saturated rings. The third kappa shape index (κ3) is 5.75.